The summed E-state index contributed by atoms with van der Waals surface area (Å²) in [5, 5.41) is 2.79. The smallest absolute Gasteiger partial charge is 0.251 e. The molecule has 10 heteroatoms. The third kappa shape index (κ3) is 4.60. The molecule has 164 valence electrons. The minimum Gasteiger partial charge on any atom is -0.379 e. The second-order valence-electron chi connectivity index (χ2n) is 7.40. The lowest BCUT2D eigenvalue weighted by atomic mass is 10.2. The second kappa shape index (κ2) is 8.74. The number of morpholine rings is 1. The van der Waals surface area contributed by atoms with Crippen LogP contribution in [-0.2, 0) is 19.6 Å². The molecule has 1 N–H and O–H groups in total. The van der Waals surface area contributed by atoms with Gasteiger partial charge < -0.3 is 15.0 Å². The topological polar surface area (TPSA) is 96.0 Å². The molecule has 2 fully saturated rings. The monoisotopic (exact) mass is 447 g/mol. The Morgan fingerprint density at radius 3 is 2.48 bits per heavy atom. The van der Waals surface area contributed by atoms with E-state index in [1.54, 1.807) is 6.07 Å². The van der Waals surface area contributed by atoms with Gasteiger partial charge in [0, 0.05) is 37.3 Å². The lowest BCUT2D eigenvalue weighted by molar-refractivity contribution is -0.117. The van der Waals surface area contributed by atoms with Gasteiger partial charge in [-0.1, -0.05) is 6.07 Å². The molecule has 2 aromatic rings. The predicted octanol–water partition coefficient (Wildman–Crippen LogP) is 1.38. The summed E-state index contributed by atoms with van der Waals surface area (Å²) in [5.41, 5.74) is 0.733. The third-order valence-electron chi connectivity index (χ3n) is 5.30. The molecule has 1 unspecified atom stereocenters. The van der Waals surface area contributed by atoms with Crippen LogP contribution in [0.15, 0.2) is 53.4 Å². The van der Waals surface area contributed by atoms with Gasteiger partial charge in [0.15, 0.2) is 0 Å². The fourth-order valence-corrected chi connectivity index (χ4v) is 5.09. The highest BCUT2D eigenvalue weighted by atomic mass is 32.2. The van der Waals surface area contributed by atoms with Gasteiger partial charge in [-0.2, -0.15) is 4.31 Å². The summed E-state index contributed by atoms with van der Waals surface area (Å²) in [6, 6.07) is 11.0. The van der Waals surface area contributed by atoms with E-state index in [1.165, 1.54) is 51.7 Å². The molecule has 8 nitrogen and oxygen atoms in total. The van der Waals surface area contributed by atoms with Crippen molar-refractivity contribution in [3.8, 4) is 0 Å². The van der Waals surface area contributed by atoms with Crippen molar-refractivity contribution in [3.63, 3.8) is 0 Å². The summed E-state index contributed by atoms with van der Waals surface area (Å²) < 4.78 is 45.4. The van der Waals surface area contributed by atoms with E-state index >= 15 is 0 Å². The first-order valence-electron chi connectivity index (χ1n) is 9.89. The maximum Gasteiger partial charge on any atom is 0.251 e. The Balaban J connectivity index is 1.40. The van der Waals surface area contributed by atoms with E-state index in [-0.39, 0.29) is 29.3 Å². The molecule has 0 aliphatic carbocycles. The Morgan fingerprint density at radius 2 is 1.81 bits per heavy atom. The maximum absolute atomic E-state index is 13.5. The average molecular weight is 447 g/mol. The number of nitrogens with zero attached hydrogens (tertiary/aromatic N) is 2. The number of carbonyl (C=O) groups is 2. The average Bonchev–Trinajstić information content (AvgIpc) is 3.14. The fraction of sp³-hybridized carbons (Fsp3) is 0.333. The molecule has 0 aromatic heterocycles. The van der Waals surface area contributed by atoms with Crippen LogP contribution in [-0.4, -0.2) is 63.4 Å². The summed E-state index contributed by atoms with van der Waals surface area (Å²) in [6.07, 6.45) is 0.103. The van der Waals surface area contributed by atoms with Crippen LogP contribution >= 0.6 is 0 Å². The van der Waals surface area contributed by atoms with Crippen LogP contribution < -0.4 is 10.2 Å². The van der Waals surface area contributed by atoms with E-state index in [0.29, 0.717) is 32.0 Å². The minimum atomic E-state index is -3.64. The van der Waals surface area contributed by atoms with E-state index in [4.69, 9.17) is 4.74 Å². The summed E-state index contributed by atoms with van der Waals surface area (Å²) in [4.78, 5) is 26.4. The minimum absolute atomic E-state index is 0.103. The zero-order valence-corrected chi connectivity index (χ0v) is 17.5. The van der Waals surface area contributed by atoms with Crippen LogP contribution in [0.4, 0.5) is 10.1 Å². The lowest BCUT2D eigenvalue weighted by Crippen LogP contribution is -2.40. The standard InChI is InChI=1S/C21H22FN3O5S/c22-16-2-1-3-18(12-16)25-14-17(13-20(25)26)23-21(27)15-4-6-19(7-5-15)31(28,29)24-8-10-30-11-9-24/h1-7,12,17H,8-11,13-14H2,(H,23,27). The number of hydrogen-bond donors (Lipinski definition) is 1. The Kier molecular flexibility index (Phi) is 6.03. The number of rotatable bonds is 5. The van der Waals surface area contributed by atoms with Crippen LogP contribution in [0.5, 0.6) is 0 Å². The fourth-order valence-electron chi connectivity index (χ4n) is 3.68. The van der Waals surface area contributed by atoms with Gasteiger partial charge in [0.1, 0.15) is 5.82 Å². The first-order valence-corrected chi connectivity index (χ1v) is 11.3. The van der Waals surface area contributed by atoms with Gasteiger partial charge in [0.05, 0.1) is 24.2 Å². The van der Waals surface area contributed by atoms with Crippen LogP contribution in [0.3, 0.4) is 0 Å². The van der Waals surface area contributed by atoms with E-state index in [2.05, 4.69) is 5.32 Å². The number of carbonyl (C=O) groups excluding carboxylic acids is 2. The largest absolute Gasteiger partial charge is 0.379 e. The number of halogens is 1. The lowest BCUT2D eigenvalue weighted by Gasteiger charge is -2.26. The predicted molar refractivity (Wildman–Crippen MR) is 111 cm³/mol. The molecule has 2 amide bonds. The van der Waals surface area contributed by atoms with Crippen LogP contribution in [0, 0.1) is 5.82 Å². The zero-order chi connectivity index (χ0) is 22.0. The van der Waals surface area contributed by atoms with E-state index in [1.807, 2.05) is 0 Å². The quantitative estimate of drug-likeness (QED) is 0.747. The number of benzene rings is 2. The summed E-state index contributed by atoms with van der Waals surface area (Å²) >= 11 is 0. The summed E-state index contributed by atoms with van der Waals surface area (Å²) in [5.74, 6) is -1.05. The van der Waals surface area contributed by atoms with E-state index in [9.17, 15) is 22.4 Å². The van der Waals surface area contributed by atoms with E-state index in [0.717, 1.165) is 0 Å². The Bertz CT molecular complexity index is 1080. The van der Waals surface area contributed by atoms with Crippen molar-refractivity contribution in [1.82, 2.24) is 9.62 Å². The summed E-state index contributed by atoms with van der Waals surface area (Å²) in [6.45, 7) is 1.53. The molecular weight excluding hydrogens is 425 g/mol. The maximum atomic E-state index is 13.5. The molecular formula is C21H22FN3O5S. The molecule has 2 aliphatic heterocycles. The SMILES string of the molecule is O=C(NC1CC(=O)N(c2cccc(F)c2)C1)c1ccc(S(=O)(=O)N2CCOCC2)cc1. The zero-order valence-electron chi connectivity index (χ0n) is 16.7. The Hall–Kier alpha value is -2.82. The molecule has 4 rings (SSSR count). The molecule has 2 heterocycles. The highest BCUT2D eigenvalue weighted by molar-refractivity contribution is 7.89. The van der Waals surface area contributed by atoms with Gasteiger partial charge in [-0.25, -0.2) is 12.8 Å². The van der Waals surface area contributed by atoms with Crippen molar-refractivity contribution in [1.29, 1.82) is 0 Å². The number of nitrogens with one attached hydrogen (secondary N) is 1. The molecule has 0 bridgehead atoms. The number of sulfonamides is 1. The van der Waals surface area contributed by atoms with Crippen molar-refractivity contribution < 1.29 is 27.1 Å². The highest BCUT2D eigenvalue weighted by Crippen LogP contribution is 2.23. The van der Waals surface area contributed by atoms with Crippen molar-refractivity contribution in [3.05, 3.63) is 59.9 Å². The molecule has 0 saturated carbocycles. The number of ether oxygens (including phenoxy) is 1. The third-order valence-corrected chi connectivity index (χ3v) is 7.22. The molecule has 0 spiro atoms. The molecule has 0 radical (unpaired) electrons. The summed E-state index contributed by atoms with van der Waals surface area (Å²) in [7, 11) is -3.64. The van der Waals surface area contributed by atoms with E-state index < -0.39 is 27.8 Å². The van der Waals surface area contributed by atoms with Crippen LogP contribution in [0.1, 0.15) is 16.8 Å². The van der Waals surface area contributed by atoms with Crippen molar-refractivity contribution in [2.75, 3.05) is 37.7 Å². The molecule has 2 aliphatic rings. The van der Waals surface area contributed by atoms with Gasteiger partial charge in [0.2, 0.25) is 15.9 Å². The molecule has 2 aromatic carbocycles. The van der Waals surface area contributed by atoms with Gasteiger partial charge in [-0.05, 0) is 42.5 Å². The Labute approximate surface area is 179 Å². The molecule has 31 heavy (non-hydrogen) atoms. The number of amides is 2. The highest BCUT2D eigenvalue weighted by Gasteiger charge is 2.32. The van der Waals surface area contributed by atoms with Crippen LogP contribution in [0.25, 0.3) is 0 Å². The first-order chi connectivity index (χ1) is 14.8. The van der Waals surface area contributed by atoms with Gasteiger partial charge in [-0.3, -0.25) is 9.59 Å². The van der Waals surface area contributed by atoms with Gasteiger partial charge in [0.25, 0.3) is 5.91 Å². The first kappa shape index (κ1) is 21.4. The van der Waals surface area contributed by atoms with Gasteiger partial charge in [-0.15, -0.1) is 0 Å². The van der Waals surface area contributed by atoms with Crippen molar-refractivity contribution in [2.45, 2.75) is 17.4 Å². The van der Waals surface area contributed by atoms with Crippen LogP contribution in [0.2, 0.25) is 0 Å². The second-order valence-corrected chi connectivity index (χ2v) is 9.34. The van der Waals surface area contributed by atoms with Crippen molar-refractivity contribution in [2.24, 2.45) is 0 Å². The molecule has 2 saturated heterocycles. The van der Waals surface area contributed by atoms with Gasteiger partial charge >= 0.3 is 0 Å². The normalized spacial score (nSPS) is 20.1. The number of anilines is 1. The van der Waals surface area contributed by atoms with Crippen molar-refractivity contribution >= 4 is 27.5 Å². The Morgan fingerprint density at radius 1 is 1.10 bits per heavy atom. The molecule has 1 atom stereocenters. The number of hydrogen-bond acceptors (Lipinski definition) is 5.